The van der Waals surface area contributed by atoms with Gasteiger partial charge in [-0.05, 0) is 47.0 Å². The van der Waals surface area contributed by atoms with Crippen molar-refractivity contribution in [1.82, 2.24) is 5.32 Å². The largest absolute Gasteiger partial charge is 0.303 e. The molecule has 0 aliphatic rings. The van der Waals surface area contributed by atoms with Gasteiger partial charge < -0.3 is 5.32 Å². The molecule has 2 unspecified atom stereocenters. The summed E-state index contributed by atoms with van der Waals surface area (Å²) in [5, 5.41) is 5.72. The van der Waals surface area contributed by atoms with E-state index in [1.165, 1.54) is 17.7 Å². The Balaban J connectivity index is 2.23. The van der Waals surface area contributed by atoms with Crippen molar-refractivity contribution in [3.05, 3.63) is 57.0 Å². The van der Waals surface area contributed by atoms with Crippen LogP contribution in [0.4, 0.5) is 4.39 Å². The van der Waals surface area contributed by atoms with Gasteiger partial charge in [-0.15, -0.1) is 11.3 Å². The molecule has 1 aromatic heterocycles. The lowest BCUT2D eigenvalue weighted by Gasteiger charge is -2.34. The van der Waals surface area contributed by atoms with Crippen LogP contribution in [0.1, 0.15) is 50.9 Å². The third-order valence-corrected chi connectivity index (χ3v) is 4.68. The van der Waals surface area contributed by atoms with Gasteiger partial charge in [-0.2, -0.15) is 0 Å². The predicted octanol–water partition coefficient (Wildman–Crippen LogP) is 5.98. The van der Waals surface area contributed by atoms with Crippen LogP contribution in [0, 0.1) is 11.2 Å². The SMILES string of the molecule is CC(NC(c1ccc(F)cc1)C(C)(C)C)c1csc(Cl)c1. The summed E-state index contributed by atoms with van der Waals surface area (Å²) in [6, 6.07) is 9.05. The standard InChI is InChI=1S/C17H21ClFNS/c1-11(13-9-15(18)21-10-13)20-16(17(2,3)4)12-5-7-14(19)8-6-12/h5-11,16,20H,1-4H3. The van der Waals surface area contributed by atoms with E-state index >= 15 is 0 Å². The Labute approximate surface area is 135 Å². The summed E-state index contributed by atoms with van der Waals surface area (Å²) in [6.45, 7) is 8.67. The second-order valence-electron chi connectivity index (χ2n) is 6.42. The summed E-state index contributed by atoms with van der Waals surface area (Å²) in [5.41, 5.74) is 2.30. The molecule has 0 fully saturated rings. The first kappa shape index (κ1) is 16.5. The zero-order chi connectivity index (χ0) is 15.6. The molecule has 114 valence electrons. The van der Waals surface area contributed by atoms with Crippen LogP contribution in [0.2, 0.25) is 4.34 Å². The van der Waals surface area contributed by atoms with Crippen LogP contribution in [0.15, 0.2) is 35.7 Å². The first-order valence-electron chi connectivity index (χ1n) is 7.03. The Hall–Kier alpha value is -0.900. The molecule has 0 aliphatic heterocycles. The highest BCUT2D eigenvalue weighted by atomic mass is 35.5. The smallest absolute Gasteiger partial charge is 0.123 e. The van der Waals surface area contributed by atoms with Crippen LogP contribution in [0.5, 0.6) is 0 Å². The number of thiophene rings is 1. The number of rotatable bonds is 4. The van der Waals surface area contributed by atoms with Gasteiger partial charge in [0.25, 0.3) is 0 Å². The van der Waals surface area contributed by atoms with E-state index in [9.17, 15) is 4.39 Å². The molecule has 1 nitrogen and oxygen atoms in total. The van der Waals surface area contributed by atoms with Crippen LogP contribution in [0.3, 0.4) is 0 Å². The van der Waals surface area contributed by atoms with Crippen LogP contribution in [-0.2, 0) is 0 Å². The average molecular weight is 326 g/mol. The lowest BCUT2D eigenvalue weighted by molar-refractivity contribution is 0.254. The molecule has 1 N–H and O–H groups in total. The zero-order valence-electron chi connectivity index (χ0n) is 12.8. The molecule has 0 bridgehead atoms. The minimum atomic E-state index is -0.205. The summed E-state index contributed by atoms with van der Waals surface area (Å²) < 4.78 is 13.9. The van der Waals surface area contributed by atoms with Gasteiger partial charge in [0, 0.05) is 12.1 Å². The Kier molecular flexibility index (Phi) is 5.07. The molecule has 0 saturated carbocycles. The van der Waals surface area contributed by atoms with E-state index in [1.54, 1.807) is 11.3 Å². The second-order valence-corrected chi connectivity index (χ2v) is 7.97. The van der Waals surface area contributed by atoms with Gasteiger partial charge in [0.2, 0.25) is 0 Å². The van der Waals surface area contributed by atoms with Crippen molar-refractivity contribution in [2.45, 2.75) is 39.8 Å². The quantitative estimate of drug-likeness (QED) is 0.729. The molecule has 2 rings (SSSR count). The highest BCUT2D eigenvalue weighted by Crippen LogP contribution is 2.35. The van der Waals surface area contributed by atoms with Crippen molar-refractivity contribution in [3.63, 3.8) is 0 Å². The first-order chi connectivity index (χ1) is 9.77. The fourth-order valence-electron chi connectivity index (χ4n) is 2.40. The molecule has 2 aromatic rings. The first-order valence-corrected chi connectivity index (χ1v) is 8.28. The zero-order valence-corrected chi connectivity index (χ0v) is 14.4. The topological polar surface area (TPSA) is 12.0 Å². The molecular formula is C17H21ClFNS. The van der Waals surface area contributed by atoms with Crippen molar-refractivity contribution in [3.8, 4) is 0 Å². The van der Waals surface area contributed by atoms with Crippen molar-refractivity contribution in [2.75, 3.05) is 0 Å². The lowest BCUT2D eigenvalue weighted by atomic mass is 9.81. The van der Waals surface area contributed by atoms with E-state index < -0.39 is 0 Å². The number of hydrogen-bond donors (Lipinski definition) is 1. The van der Waals surface area contributed by atoms with Crippen molar-refractivity contribution >= 4 is 22.9 Å². The molecule has 1 heterocycles. The third-order valence-electron chi connectivity index (χ3n) is 3.57. The molecule has 0 radical (unpaired) electrons. The molecule has 0 spiro atoms. The maximum absolute atomic E-state index is 13.1. The minimum absolute atomic E-state index is 0.0197. The molecule has 1 aromatic carbocycles. The highest BCUT2D eigenvalue weighted by molar-refractivity contribution is 7.14. The van der Waals surface area contributed by atoms with E-state index in [0.717, 1.165) is 9.90 Å². The molecule has 2 atom stereocenters. The molecule has 4 heteroatoms. The number of benzene rings is 1. The number of nitrogens with one attached hydrogen (secondary N) is 1. The van der Waals surface area contributed by atoms with Crippen LogP contribution < -0.4 is 5.32 Å². The summed E-state index contributed by atoms with van der Waals surface area (Å²) in [7, 11) is 0. The Morgan fingerprint density at radius 2 is 1.76 bits per heavy atom. The van der Waals surface area contributed by atoms with Crippen LogP contribution in [-0.4, -0.2) is 0 Å². The highest BCUT2D eigenvalue weighted by Gasteiger charge is 2.28. The predicted molar refractivity (Wildman–Crippen MR) is 89.5 cm³/mol. The van der Waals surface area contributed by atoms with Gasteiger partial charge in [0.05, 0.1) is 4.34 Å². The lowest BCUT2D eigenvalue weighted by Crippen LogP contribution is -2.34. The maximum Gasteiger partial charge on any atom is 0.123 e. The third kappa shape index (κ3) is 4.29. The minimum Gasteiger partial charge on any atom is -0.303 e. The van der Waals surface area contributed by atoms with Crippen LogP contribution in [0.25, 0.3) is 0 Å². The normalized spacial score (nSPS) is 15.0. The Morgan fingerprint density at radius 3 is 2.24 bits per heavy atom. The summed E-state index contributed by atoms with van der Waals surface area (Å²) in [6.07, 6.45) is 0. The molecule has 21 heavy (non-hydrogen) atoms. The van der Waals surface area contributed by atoms with Gasteiger partial charge in [-0.1, -0.05) is 44.5 Å². The fourth-order valence-corrected chi connectivity index (χ4v) is 3.38. The summed E-state index contributed by atoms with van der Waals surface area (Å²) >= 11 is 7.56. The van der Waals surface area contributed by atoms with E-state index in [4.69, 9.17) is 11.6 Å². The molecule has 0 saturated heterocycles. The number of hydrogen-bond acceptors (Lipinski definition) is 2. The second kappa shape index (κ2) is 6.47. The maximum atomic E-state index is 13.1. The fraction of sp³-hybridized carbons (Fsp3) is 0.412. The monoisotopic (exact) mass is 325 g/mol. The molecular weight excluding hydrogens is 305 g/mol. The Morgan fingerprint density at radius 1 is 1.14 bits per heavy atom. The van der Waals surface area contributed by atoms with E-state index in [1.807, 2.05) is 18.2 Å². The van der Waals surface area contributed by atoms with E-state index in [2.05, 4.69) is 38.4 Å². The van der Waals surface area contributed by atoms with Gasteiger partial charge >= 0.3 is 0 Å². The van der Waals surface area contributed by atoms with Gasteiger partial charge in [0.15, 0.2) is 0 Å². The number of halogens is 2. The Bertz CT molecular complexity index is 586. The summed E-state index contributed by atoms with van der Waals surface area (Å²) in [4.78, 5) is 0. The van der Waals surface area contributed by atoms with Gasteiger partial charge in [-0.3, -0.25) is 0 Å². The van der Waals surface area contributed by atoms with Gasteiger partial charge in [-0.25, -0.2) is 4.39 Å². The molecule has 0 amide bonds. The van der Waals surface area contributed by atoms with Crippen molar-refractivity contribution < 1.29 is 4.39 Å². The molecule has 0 aliphatic carbocycles. The average Bonchev–Trinajstić information content (AvgIpc) is 2.82. The van der Waals surface area contributed by atoms with E-state index in [0.29, 0.717) is 0 Å². The van der Waals surface area contributed by atoms with Crippen molar-refractivity contribution in [2.24, 2.45) is 5.41 Å². The van der Waals surface area contributed by atoms with Gasteiger partial charge in [0.1, 0.15) is 5.82 Å². The summed E-state index contributed by atoms with van der Waals surface area (Å²) in [5.74, 6) is -0.205. The van der Waals surface area contributed by atoms with Crippen molar-refractivity contribution in [1.29, 1.82) is 0 Å². The van der Waals surface area contributed by atoms with Crippen LogP contribution >= 0.6 is 22.9 Å². The van der Waals surface area contributed by atoms with E-state index in [-0.39, 0.29) is 23.3 Å².